The fourth-order valence-corrected chi connectivity index (χ4v) is 1.69. The molecule has 2 N–H and O–H groups in total. The normalized spacial score (nSPS) is 18.2. The lowest BCUT2D eigenvalue weighted by atomic mass is 9.90. The number of nitrogens with one attached hydrogen (secondary N) is 1. The van der Waals surface area contributed by atoms with Gasteiger partial charge in [0, 0.05) is 26.2 Å². The predicted octanol–water partition coefficient (Wildman–Crippen LogP) is 0.409. The van der Waals surface area contributed by atoms with Gasteiger partial charge in [0.2, 0.25) is 0 Å². The standard InChI is InChI=1S/C12H24N2O3/c1-12(2,11(15)16)3-4-13-5-6-14-7-9-17-10-8-14/h13H,3-10H2,1-2H3,(H,15,16). The van der Waals surface area contributed by atoms with Gasteiger partial charge >= 0.3 is 5.97 Å². The molecule has 0 saturated carbocycles. The maximum atomic E-state index is 10.9. The summed E-state index contributed by atoms with van der Waals surface area (Å²) in [5, 5.41) is 12.2. The summed E-state index contributed by atoms with van der Waals surface area (Å²) < 4.78 is 5.27. The highest BCUT2D eigenvalue weighted by molar-refractivity contribution is 5.73. The van der Waals surface area contributed by atoms with E-state index in [0.717, 1.165) is 45.9 Å². The number of carboxylic acid groups (broad SMARTS) is 1. The van der Waals surface area contributed by atoms with E-state index in [-0.39, 0.29) is 0 Å². The number of hydrogen-bond donors (Lipinski definition) is 2. The average Bonchev–Trinajstić information content (AvgIpc) is 2.29. The molecule has 0 spiro atoms. The summed E-state index contributed by atoms with van der Waals surface area (Å²) in [7, 11) is 0. The van der Waals surface area contributed by atoms with E-state index in [9.17, 15) is 4.79 Å². The molecule has 0 aliphatic carbocycles. The van der Waals surface area contributed by atoms with Crippen molar-refractivity contribution in [3.8, 4) is 0 Å². The van der Waals surface area contributed by atoms with E-state index in [4.69, 9.17) is 9.84 Å². The molecular formula is C12H24N2O3. The molecule has 1 saturated heterocycles. The number of morpholine rings is 1. The fraction of sp³-hybridized carbons (Fsp3) is 0.917. The van der Waals surface area contributed by atoms with Gasteiger partial charge in [-0.25, -0.2) is 0 Å². The minimum Gasteiger partial charge on any atom is -0.481 e. The largest absolute Gasteiger partial charge is 0.481 e. The molecule has 1 heterocycles. The molecule has 100 valence electrons. The van der Waals surface area contributed by atoms with Crippen LogP contribution in [-0.4, -0.2) is 61.9 Å². The van der Waals surface area contributed by atoms with E-state index in [1.807, 2.05) is 0 Å². The van der Waals surface area contributed by atoms with Crippen LogP contribution in [0, 0.1) is 5.41 Å². The van der Waals surface area contributed by atoms with E-state index in [0.29, 0.717) is 6.42 Å². The Hall–Kier alpha value is -0.650. The third-order valence-electron chi connectivity index (χ3n) is 3.21. The molecule has 1 fully saturated rings. The second-order valence-electron chi connectivity index (χ2n) is 5.14. The van der Waals surface area contributed by atoms with Crippen LogP contribution in [0.1, 0.15) is 20.3 Å². The van der Waals surface area contributed by atoms with Crippen molar-refractivity contribution in [2.45, 2.75) is 20.3 Å². The van der Waals surface area contributed by atoms with Gasteiger partial charge in [0.05, 0.1) is 18.6 Å². The summed E-state index contributed by atoms with van der Waals surface area (Å²) in [5.41, 5.74) is -0.633. The van der Waals surface area contributed by atoms with Gasteiger partial charge in [-0.05, 0) is 26.8 Å². The van der Waals surface area contributed by atoms with E-state index in [2.05, 4.69) is 10.2 Å². The molecule has 5 heteroatoms. The first-order valence-electron chi connectivity index (χ1n) is 6.26. The minimum absolute atomic E-state index is 0.633. The molecule has 0 bridgehead atoms. The highest BCUT2D eigenvalue weighted by atomic mass is 16.5. The van der Waals surface area contributed by atoms with Crippen LogP contribution in [0.3, 0.4) is 0 Å². The van der Waals surface area contributed by atoms with Gasteiger partial charge in [0.1, 0.15) is 0 Å². The average molecular weight is 244 g/mol. The molecule has 0 atom stereocenters. The number of nitrogens with zero attached hydrogens (tertiary/aromatic N) is 1. The molecule has 1 aliphatic rings. The Morgan fingerprint density at radius 1 is 1.35 bits per heavy atom. The maximum absolute atomic E-state index is 10.9. The Morgan fingerprint density at radius 3 is 2.59 bits per heavy atom. The van der Waals surface area contributed by atoms with Gasteiger partial charge in [-0.3, -0.25) is 9.69 Å². The molecule has 0 unspecified atom stereocenters. The fourth-order valence-electron chi connectivity index (χ4n) is 1.69. The zero-order valence-electron chi connectivity index (χ0n) is 10.9. The lowest BCUT2D eigenvalue weighted by Gasteiger charge is -2.26. The van der Waals surface area contributed by atoms with Crippen molar-refractivity contribution < 1.29 is 14.6 Å². The number of hydrogen-bond acceptors (Lipinski definition) is 4. The molecule has 1 rings (SSSR count). The zero-order valence-corrected chi connectivity index (χ0v) is 10.9. The zero-order chi connectivity index (χ0) is 12.7. The molecule has 0 aromatic rings. The third kappa shape index (κ3) is 5.48. The van der Waals surface area contributed by atoms with Crippen molar-refractivity contribution in [3.63, 3.8) is 0 Å². The lowest BCUT2D eigenvalue weighted by Crippen LogP contribution is -2.40. The Bertz CT molecular complexity index is 238. The summed E-state index contributed by atoms with van der Waals surface area (Å²) in [6.45, 7) is 9.86. The van der Waals surface area contributed by atoms with Crippen LogP contribution >= 0.6 is 0 Å². The number of ether oxygens (including phenoxy) is 1. The van der Waals surface area contributed by atoms with Crippen molar-refractivity contribution in [3.05, 3.63) is 0 Å². The van der Waals surface area contributed by atoms with Gasteiger partial charge in [-0.2, -0.15) is 0 Å². The van der Waals surface area contributed by atoms with Crippen LogP contribution < -0.4 is 5.32 Å². The lowest BCUT2D eigenvalue weighted by molar-refractivity contribution is -0.147. The van der Waals surface area contributed by atoms with Crippen molar-refractivity contribution in [2.75, 3.05) is 45.9 Å². The second kappa shape index (κ2) is 6.93. The Morgan fingerprint density at radius 2 is 2.00 bits per heavy atom. The Kier molecular flexibility index (Phi) is 5.88. The first-order chi connectivity index (χ1) is 8.02. The van der Waals surface area contributed by atoms with Crippen molar-refractivity contribution in [2.24, 2.45) is 5.41 Å². The summed E-state index contributed by atoms with van der Waals surface area (Å²) in [5.74, 6) is -0.729. The van der Waals surface area contributed by atoms with Gasteiger partial charge in [-0.1, -0.05) is 0 Å². The molecular weight excluding hydrogens is 220 g/mol. The first-order valence-corrected chi connectivity index (χ1v) is 6.26. The molecule has 17 heavy (non-hydrogen) atoms. The van der Waals surface area contributed by atoms with Crippen LogP contribution in [0.4, 0.5) is 0 Å². The van der Waals surface area contributed by atoms with Crippen LogP contribution in [0.15, 0.2) is 0 Å². The number of aliphatic carboxylic acids is 1. The molecule has 5 nitrogen and oxygen atoms in total. The minimum atomic E-state index is -0.729. The van der Waals surface area contributed by atoms with Crippen LogP contribution in [-0.2, 0) is 9.53 Å². The van der Waals surface area contributed by atoms with Gasteiger partial charge in [-0.15, -0.1) is 0 Å². The van der Waals surface area contributed by atoms with Crippen LogP contribution in [0.25, 0.3) is 0 Å². The Balaban J connectivity index is 2.02. The Labute approximate surface area is 103 Å². The summed E-state index contributed by atoms with van der Waals surface area (Å²) in [6.07, 6.45) is 0.658. The van der Waals surface area contributed by atoms with Gasteiger partial charge in [0.15, 0.2) is 0 Å². The van der Waals surface area contributed by atoms with Crippen molar-refractivity contribution in [1.82, 2.24) is 10.2 Å². The second-order valence-corrected chi connectivity index (χ2v) is 5.14. The monoisotopic (exact) mass is 244 g/mol. The number of carboxylic acids is 1. The molecule has 1 aliphatic heterocycles. The van der Waals surface area contributed by atoms with Crippen molar-refractivity contribution >= 4 is 5.97 Å². The van der Waals surface area contributed by atoms with Crippen LogP contribution in [0.2, 0.25) is 0 Å². The summed E-state index contributed by atoms with van der Waals surface area (Å²) >= 11 is 0. The number of carbonyl (C=O) groups is 1. The quantitative estimate of drug-likeness (QED) is 0.635. The smallest absolute Gasteiger partial charge is 0.309 e. The number of rotatable bonds is 7. The topological polar surface area (TPSA) is 61.8 Å². The van der Waals surface area contributed by atoms with E-state index < -0.39 is 11.4 Å². The highest BCUT2D eigenvalue weighted by Gasteiger charge is 2.26. The third-order valence-corrected chi connectivity index (χ3v) is 3.21. The highest BCUT2D eigenvalue weighted by Crippen LogP contribution is 2.19. The molecule has 0 radical (unpaired) electrons. The molecule has 0 aromatic heterocycles. The maximum Gasteiger partial charge on any atom is 0.309 e. The van der Waals surface area contributed by atoms with E-state index in [1.54, 1.807) is 13.8 Å². The van der Waals surface area contributed by atoms with Gasteiger partial charge in [0.25, 0.3) is 0 Å². The predicted molar refractivity (Wildman–Crippen MR) is 66.2 cm³/mol. The molecule has 0 amide bonds. The van der Waals surface area contributed by atoms with E-state index in [1.165, 1.54) is 0 Å². The molecule has 0 aromatic carbocycles. The van der Waals surface area contributed by atoms with E-state index >= 15 is 0 Å². The van der Waals surface area contributed by atoms with Crippen LogP contribution in [0.5, 0.6) is 0 Å². The SMILES string of the molecule is CC(C)(CCNCCN1CCOCC1)C(=O)O. The first kappa shape index (κ1) is 14.4. The summed E-state index contributed by atoms with van der Waals surface area (Å²) in [4.78, 5) is 13.2. The van der Waals surface area contributed by atoms with Gasteiger partial charge < -0.3 is 15.2 Å². The summed E-state index contributed by atoms with van der Waals surface area (Å²) in [6, 6.07) is 0. The van der Waals surface area contributed by atoms with Crippen molar-refractivity contribution in [1.29, 1.82) is 0 Å².